The molecule has 1 unspecified atom stereocenters. The molecule has 0 aliphatic rings. The second kappa shape index (κ2) is 6.74. The first-order valence-electron chi connectivity index (χ1n) is 6.50. The van der Waals surface area contributed by atoms with Crippen LogP contribution in [-0.2, 0) is 0 Å². The quantitative estimate of drug-likeness (QED) is 0.766. The maximum atomic E-state index is 5.93. The van der Waals surface area contributed by atoms with E-state index in [0.29, 0.717) is 6.54 Å². The Kier molecular flexibility index (Phi) is 5.24. The SMILES string of the molecule is Cc1cc(NC(CN)c2ccccc2Br)cc(C)c1Br. The van der Waals surface area contributed by atoms with E-state index in [1.165, 1.54) is 16.7 Å². The molecule has 0 fully saturated rings. The summed E-state index contributed by atoms with van der Waals surface area (Å²) in [5.74, 6) is 0. The second-order valence-corrected chi connectivity index (χ2v) is 6.53. The van der Waals surface area contributed by atoms with Crippen LogP contribution in [0.15, 0.2) is 45.3 Å². The smallest absolute Gasteiger partial charge is 0.0647 e. The summed E-state index contributed by atoms with van der Waals surface area (Å²) in [6.45, 7) is 4.73. The van der Waals surface area contributed by atoms with Crippen LogP contribution in [0.1, 0.15) is 22.7 Å². The number of benzene rings is 2. The third kappa shape index (κ3) is 3.43. The summed E-state index contributed by atoms with van der Waals surface area (Å²) in [4.78, 5) is 0. The Bertz CT molecular complexity index is 588. The third-order valence-electron chi connectivity index (χ3n) is 3.29. The molecule has 0 aliphatic carbocycles. The van der Waals surface area contributed by atoms with Crippen molar-refractivity contribution >= 4 is 37.5 Å². The van der Waals surface area contributed by atoms with Crippen molar-refractivity contribution in [2.45, 2.75) is 19.9 Å². The van der Waals surface area contributed by atoms with Crippen molar-refractivity contribution in [3.63, 3.8) is 0 Å². The molecular formula is C16H18Br2N2. The molecule has 0 aromatic heterocycles. The molecule has 0 heterocycles. The fourth-order valence-corrected chi connectivity index (χ4v) is 3.04. The summed E-state index contributed by atoms with van der Waals surface area (Å²) >= 11 is 7.18. The molecule has 0 bridgehead atoms. The Hall–Kier alpha value is -0.840. The van der Waals surface area contributed by atoms with Crippen molar-refractivity contribution in [2.75, 3.05) is 11.9 Å². The summed E-state index contributed by atoms with van der Waals surface area (Å²) in [5, 5.41) is 3.52. The molecule has 0 radical (unpaired) electrons. The predicted molar refractivity (Wildman–Crippen MR) is 93.2 cm³/mol. The van der Waals surface area contributed by atoms with Crippen LogP contribution >= 0.6 is 31.9 Å². The van der Waals surface area contributed by atoms with Gasteiger partial charge in [0.1, 0.15) is 0 Å². The van der Waals surface area contributed by atoms with Gasteiger partial charge < -0.3 is 11.1 Å². The van der Waals surface area contributed by atoms with E-state index in [0.717, 1.165) is 14.6 Å². The number of anilines is 1. The van der Waals surface area contributed by atoms with Crippen molar-refractivity contribution in [2.24, 2.45) is 5.73 Å². The summed E-state index contributed by atoms with van der Waals surface area (Å²) in [5.41, 5.74) is 10.6. The highest BCUT2D eigenvalue weighted by atomic mass is 79.9. The highest BCUT2D eigenvalue weighted by Gasteiger charge is 2.13. The van der Waals surface area contributed by atoms with Gasteiger partial charge in [0.2, 0.25) is 0 Å². The lowest BCUT2D eigenvalue weighted by molar-refractivity contribution is 0.785. The van der Waals surface area contributed by atoms with Crippen LogP contribution in [0.4, 0.5) is 5.69 Å². The summed E-state index contributed by atoms with van der Waals surface area (Å²) in [6.07, 6.45) is 0. The van der Waals surface area contributed by atoms with E-state index in [9.17, 15) is 0 Å². The molecule has 1 atom stereocenters. The zero-order valence-corrected chi connectivity index (χ0v) is 14.8. The molecule has 0 aliphatic heterocycles. The van der Waals surface area contributed by atoms with Gasteiger partial charge in [-0.1, -0.05) is 50.1 Å². The number of hydrogen-bond donors (Lipinski definition) is 2. The van der Waals surface area contributed by atoms with Crippen LogP contribution in [0.3, 0.4) is 0 Å². The first kappa shape index (κ1) is 15.5. The minimum Gasteiger partial charge on any atom is -0.377 e. The van der Waals surface area contributed by atoms with Crippen molar-refractivity contribution in [3.8, 4) is 0 Å². The summed E-state index contributed by atoms with van der Waals surface area (Å²) < 4.78 is 2.24. The molecule has 20 heavy (non-hydrogen) atoms. The molecule has 0 saturated carbocycles. The zero-order chi connectivity index (χ0) is 14.7. The number of aryl methyl sites for hydroxylation is 2. The van der Waals surface area contributed by atoms with Gasteiger partial charge in [-0.3, -0.25) is 0 Å². The average molecular weight is 398 g/mol. The van der Waals surface area contributed by atoms with Gasteiger partial charge in [-0.2, -0.15) is 0 Å². The van der Waals surface area contributed by atoms with E-state index >= 15 is 0 Å². The highest BCUT2D eigenvalue weighted by molar-refractivity contribution is 9.10. The molecule has 2 nitrogen and oxygen atoms in total. The van der Waals surface area contributed by atoms with Gasteiger partial charge in [0.15, 0.2) is 0 Å². The number of halogens is 2. The van der Waals surface area contributed by atoms with Crippen LogP contribution < -0.4 is 11.1 Å². The Morgan fingerprint density at radius 2 is 1.70 bits per heavy atom. The fourth-order valence-electron chi connectivity index (χ4n) is 2.25. The second-order valence-electron chi connectivity index (χ2n) is 4.88. The number of nitrogens with one attached hydrogen (secondary N) is 1. The van der Waals surface area contributed by atoms with Gasteiger partial charge in [-0.25, -0.2) is 0 Å². The van der Waals surface area contributed by atoms with Gasteiger partial charge in [-0.15, -0.1) is 0 Å². The molecule has 0 amide bonds. The van der Waals surface area contributed by atoms with E-state index in [1.54, 1.807) is 0 Å². The monoisotopic (exact) mass is 396 g/mol. The summed E-state index contributed by atoms with van der Waals surface area (Å²) in [6, 6.07) is 12.5. The van der Waals surface area contributed by atoms with Crippen LogP contribution in [-0.4, -0.2) is 6.54 Å². The lowest BCUT2D eigenvalue weighted by atomic mass is 10.1. The normalized spacial score (nSPS) is 12.2. The van der Waals surface area contributed by atoms with E-state index in [-0.39, 0.29) is 6.04 Å². The molecule has 106 valence electrons. The molecule has 0 saturated heterocycles. The van der Waals surface area contributed by atoms with E-state index < -0.39 is 0 Å². The van der Waals surface area contributed by atoms with Gasteiger partial charge in [0, 0.05) is 21.2 Å². The van der Waals surface area contributed by atoms with Crippen LogP contribution in [0.25, 0.3) is 0 Å². The molecule has 3 N–H and O–H groups in total. The third-order valence-corrected chi connectivity index (χ3v) is 5.27. The van der Waals surface area contributed by atoms with Gasteiger partial charge in [0.05, 0.1) is 6.04 Å². The molecule has 2 rings (SSSR count). The largest absolute Gasteiger partial charge is 0.377 e. The molecule has 2 aromatic carbocycles. The zero-order valence-electron chi connectivity index (χ0n) is 11.6. The molecule has 4 heteroatoms. The van der Waals surface area contributed by atoms with Crippen molar-refractivity contribution in [1.82, 2.24) is 0 Å². The predicted octanol–water partition coefficient (Wildman–Crippen LogP) is 4.94. The maximum Gasteiger partial charge on any atom is 0.0647 e. The van der Waals surface area contributed by atoms with Crippen LogP contribution in [0.5, 0.6) is 0 Å². The minimum absolute atomic E-state index is 0.0885. The maximum absolute atomic E-state index is 5.93. The fraction of sp³-hybridized carbons (Fsp3) is 0.250. The van der Waals surface area contributed by atoms with Crippen molar-refractivity contribution in [3.05, 3.63) is 62.0 Å². The standard InChI is InChI=1S/C16H18Br2N2/c1-10-7-12(8-11(2)16(10)18)20-15(9-19)13-5-3-4-6-14(13)17/h3-8,15,20H,9,19H2,1-2H3. The Labute approximate surface area is 137 Å². The first-order chi connectivity index (χ1) is 9.52. The number of rotatable bonds is 4. The van der Waals surface area contributed by atoms with E-state index in [2.05, 4.69) is 69.2 Å². The minimum atomic E-state index is 0.0885. The lowest BCUT2D eigenvalue weighted by Crippen LogP contribution is -2.21. The molecule has 0 spiro atoms. The topological polar surface area (TPSA) is 38.0 Å². The Morgan fingerprint density at radius 1 is 1.10 bits per heavy atom. The summed E-state index contributed by atoms with van der Waals surface area (Å²) in [7, 11) is 0. The average Bonchev–Trinajstić information content (AvgIpc) is 2.43. The van der Waals surface area contributed by atoms with Gasteiger partial charge in [0.25, 0.3) is 0 Å². The Morgan fingerprint density at radius 3 is 2.25 bits per heavy atom. The van der Waals surface area contributed by atoms with Crippen LogP contribution in [0.2, 0.25) is 0 Å². The van der Waals surface area contributed by atoms with Crippen molar-refractivity contribution < 1.29 is 0 Å². The first-order valence-corrected chi connectivity index (χ1v) is 8.09. The van der Waals surface area contributed by atoms with Crippen LogP contribution in [0, 0.1) is 13.8 Å². The van der Waals surface area contributed by atoms with Crippen molar-refractivity contribution in [1.29, 1.82) is 0 Å². The lowest BCUT2D eigenvalue weighted by Gasteiger charge is -2.21. The van der Waals surface area contributed by atoms with Gasteiger partial charge >= 0.3 is 0 Å². The molecular weight excluding hydrogens is 380 g/mol. The Balaban J connectivity index is 2.30. The number of hydrogen-bond acceptors (Lipinski definition) is 2. The van der Waals surface area contributed by atoms with Gasteiger partial charge in [-0.05, 0) is 48.7 Å². The highest BCUT2D eigenvalue weighted by Crippen LogP contribution is 2.29. The van der Waals surface area contributed by atoms with E-state index in [1.807, 2.05) is 18.2 Å². The molecule has 2 aromatic rings. The number of nitrogens with two attached hydrogens (primary N) is 1. The van der Waals surface area contributed by atoms with E-state index in [4.69, 9.17) is 5.73 Å².